The van der Waals surface area contributed by atoms with Gasteiger partial charge in [-0.05, 0) is 30.3 Å². The summed E-state index contributed by atoms with van der Waals surface area (Å²) in [5.74, 6) is -1.97. The van der Waals surface area contributed by atoms with Crippen LogP contribution in [0.2, 0.25) is 0 Å². The minimum Gasteiger partial charge on any atom is -0.497 e. The monoisotopic (exact) mass is 450 g/mol. The molecule has 0 fully saturated rings. The summed E-state index contributed by atoms with van der Waals surface area (Å²) < 4.78 is 93.8. The van der Waals surface area contributed by atoms with Gasteiger partial charge in [-0.25, -0.2) is 0 Å². The second kappa shape index (κ2) is 8.86. The molecule has 0 aliphatic heterocycles. The zero-order chi connectivity index (χ0) is 23.6. The highest BCUT2D eigenvalue weighted by Crippen LogP contribution is 2.38. The first-order chi connectivity index (χ1) is 14.3. The van der Waals surface area contributed by atoms with Crippen molar-refractivity contribution in [2.24, 2.45) is 0 Å². The van der Waals surface area contributed by atoms with Crippen molar-refractivity contribution in [2.45, 2.75) is 25.4 Å². The lowest BCUT2D eigenvalue weighted by Crippen LogP contribution is -2.21. The number of methoxy groups -OCH3 is 2. The molecule has 2 rings (SSSR count). The van der Waals surface area contributed by atoms with Crippen molar-refractivity contribution in [1.82, 2.24) is 0 Å². The van der Waals surface area contributed by atoms with Crippen molar-refractivity contribution in [3.63, 3.8) is 0 Å². The molecule has 0 bridgehead atoms. The second-order valence-electron chi connectivity index (χ2n) is 6.29. The van der Waals surface area contributed by atoms with Gasteiger partial charge in [-0.15, -0.1) is 0 Å². The van der Waals surface area contributed by atoms with E-state index in [0.717, 1.165) is 6.92 Å². The number of hydrogen-bond donors (Lipinski definition) is 0. The van der Waals surface area contributed by atoms with Crippen LogP contribution >= 0.6 is 0 Å². The Morgan fingerprint density at radius 1 is 0.774 bits per heavy atom. The minimum atomic E-state index is -5.15. The molecule has 11 heteroatoms. The lowest BCUT2D eigenvalue weighted by atomic mass is 9.95. The molecule has 0 aromatic heterocycles. The van der Waals surface area contributed by atoms with Crippen molar-refractivity contribution in [2.75, 3.05) is 14.2 Å². The average molecular weight is 450 g/mol. The highest BCUT2D eigenvalue weighted by molar-refractivity contribution is 6.01. The first-order valence-corrected chi connectivity index (χ1v) is 8.50. The van der Waals surface area contributed by atoms with Gasteiger partial charge in [0.1, 0.15) is 11.5 Å². The summed E-state index contributed by atoms with van der Waals surface area (Å²) in [6.45, 7) is 0.935. The van der Waals surface area contributed by atoms with Crippen molar-refractivity contribution >= 4 is 11.8 Å². The van der Waals surface area contributed by atoms with Gasteiger partial charge in [-0.2, -0.15) is 26.3 Å². The normalized spacial score (nSPS) is 12.8. The number of ether oxygens (including phenoxy) is 3. The van der Waals surface area contributed by atoms with Gasteiger partial charge < -0.3 is 14.2 Å². The number of Topliss-reactive ketones (excluding diaryl/α,β-unsaturated/α-hetero) is 1. The Labute approximate surface area is 172 Å². The number of esters is 1. The lowest BCUT2D eigenvalue weighted by molar-refractivity contribution is -0.145. The van der Waals surface area contributed by atoms with Gasteiger partial charge in [0, 0.05) is 24.1 Å². The molecule has 0 saturated carbocycles. The van der Waals surface area contributed by atoms with Crippen LogP contribution in [-0.4, -0.2) is 26.0 Å². The maximum atomic E-state index is 13.1. The topological polar surface area (TPSA) is 61.8 Å². The molecule has 0 heterocycles. The molecule has 0 spiro atoms. The number of ketones is 1. The maximum Gasteiger partial charge on any atom is 0.416 e. The van der Waals surface area contributed by atoms with E-state index >= 15 is 0 Å². The largest absolute Gasteiger partial charge is 0.497 e. The molecule has 1 atom stereocenters. The van der Waals surface area contributed by atoms with E-state index in [0.29, 0.717) is 0 Å². The third-order valence-corrected chi connectivity index (χ3v) is 4.07. The highest BCUT2D eigenvalue weighted by Gasteiger charge is 2.38. The van der Waals surface area contributed by atoms with Crippen LogP contribution in [0.25, 0.3) is 0 Å². The fourth-order valence-electron chi connectivity index (χ4n) is 2.67. The molecule has 5 nitrogen and oxygen atoms in total. The van der Waals surface area contributed by atoms with Crippen LogP contribution in [0.1, 0.15) is 40.1 Å². The molecule has 168 valence electrons. The van der Waals surface area contributed by atoms with Gasteiger partial charge in [-0.1, -0.05) is 0 Å². The average Bonchev–Trinajstić information content (AvgIpc) is 2.69. The number of carbonyl (C=O) groups excluding carboxylic acids is 2. The zero-order valence-corrected chi connectivity index (χ0v) is 16.4. The van der Waals surface area contributed by atoms with Gasteiger partial charge in [0.05, 0.1) is 25.3 Å². The predicted octanol–water partition coefficient (Wildman–Crippen LogP) is 5.23. The van der Waals surface area contributed by atoms with Crippen LogP contribution in [-0.2, 0) is 21.9 Å². The van der Waals surface area contributed by atoms with Crippen LogP contribution in [0, 0.1) is 0 Å². The molecule has 2 aromatic carbocycles. The Morgan fingerprint density at radius 3 is 1.58 bits per heavy atom. The van der Waals surface area contributed by atoms with Crippen molar-refractivity contribution < 1.29 is 50.1 Å². The summed E-state index contributed by atoms with van der Waals surface area (Å²) in [6.07, 6.45) is -12.1. The van der Waals surface area contributed by atoms with Gasteiger partial charge in [-0.3, -0.25) is 9.59 Å². The molecule has 0 radical (unpaired) electrons. The Kier molecular flexibility index (Phi) is 6.87. The number of carbonyl (C=O) groups is 2. The van der Waals surface area contributed by atoms with Crippen molar-refractivity contribution in [3.8, 4) is 11.5 Å². The lowest BCUT2D eigenvalue weighted by Gasteiger charge is -2.20. The minimum absolute atomic E-state index is 0.0672. The molecule has 1 unspecified atom stereocenters. The van der Waals surface area contributed by atoms with Gasteiger partial charge in [0.25, 0.3) is 0 Å². The summed E-state index contributed by atoms with van der Waals surface area (Å²) in [5.41, 5.74) is -4.34. The van der Waals surface area contributed by atoms with E-state index in [9.17, 15) is 35.9 Å². The first kappa shape index (κ1) is 24.0. The van der Waals surface area contributed by atoms with E-state index in [4.69, 9.17) is 14.2 Å². The third kappa shape index (κ3) is 5.89. The van der Waals surface area contributed by atoms with E-state index in [-0.39, 0.29) is 35.3 Å². The van der Waals surface area contributed by atoms with Crippen LogP contribution in [0.5, 0.6) is 11.5 Å². The Bertz CT molecular complexity index is 927. The van der Waals surface area contributed by atoms with E-state index in [1.165, 1.54) is 32.4 Å². The zero-order valence-electron chi connectivity index (χ0n) is 16.4. The number of benzene rings is 2. The van der Waals surface area contributed by atoms with Gasteiger partial charge in [0.15, 0.2) is 6.10 Å². The van der Waals surface area contributed by atoms with E-state index < -0.39 is 46.9 Å². The fourth-order valence-corrected chi connectivity index (χ4v) is 2.67. The number of rotatable bonds is 6. The first-order valence-electron chi connectivity index (χ1n) is 8.50. The smallest absolute Gasteiger partial charge is 0.416 e. The second-order valence-corrected chi connectivity index (χ2v) is 6.29. The van der Waals surface area contributed by atoms with E-state index in [2.05, 4.69) is 0 Å². The molecule has 0 amide bonds. The highest BCUT2D eigenvalue weighted by atomic mass is 19.4. The molecule has 2 aromatic rings. The maximum absolute atomic E-state index is 13.1. The molecular weight excluding hydrogens is 434 g/mol. The molecular formula is C20H16F6O5. The number of hydrogen-bond acceptors (Lipinski definition) is 5. The SMILES string of the molecule is COc1cc(OC)cc(C(OC(C)=O)C(=O)c2cc(C(F)(F)F)cc(C(F)(F)F)c2)c1. The number of halogens is 6. The Morgan fingerprint density at radius 2 is 1.23 bits per heavy atom. The molecule has 31 heavy (non-hydrogen) atoms. The Hall–Kier alpha value is -3.24. The van der Waals surface area contributed by atoms with Crippen LogP contribution in [0.15, 0.2) is 36.4 Å². The van der Waals surface area contributed by atoms with Crippen LogP contribution in [0.4, 0.5) is 26.3 Å². The van der Waals surface area contributed by atoms with E-state index in [1.807, 2.05) is 0 Å². The molecule has 0 N–H and O–H groups in total. The summed E-state index contributed by atoms with van der Waals surface area (Å²) in [5, 5.41) is 0. The standard InChI is InChI=1S/C20H16F6O5/c1-10(27)31-18(12-6-15(29-2)9-16(7-12)30-3)17(28)11-4-13(19(21,22)23)8-14(5-11)20(24,25)26/h4-9,18H,1-3H3. The van der Waals surface area contributed by atoms with Gasteiger partial charge >= 0.3 is 18.3 Å². The predicted molar refractivity (Wildman–Crippen MR) is 94.8 cm³/mol. The molecule has 0 aliphatic rings. The number of alkyl halides is 6. The fraction of sp³-hybridized carbons (Fsp3) is 0.300. The van der Waals surface area contributed by atoms with E-state index in [1.54, 1.807) is 0 Å². The van der Waals surface area contributed by atoms with Gasteiger partial charge in [0.2, 0.25) is 5.78 Å². The summed E-state index contributed by atoms with van der Waals surface area (Å²) in [6, 6.07) is 4.33. The third-order valence-electron chi connectivity index (χ3n) is 4.07. The van der Waals surface area contributed by atoms with Crippen molar-refractivity contribution in [3.05, 3.63) is 58.7 Å². The molecule has 0 saturated heterocycles. The molecule has 0 aliphatic carbocycles. The quantitative estimate of drug-likeness (QED) is 0.343. The Balaban J connectivity index is 2.67. The van der Waals surface area contributed by atoms with Crippen molar-refractivity contribution in [1.29, 1.82) is 0 Å². The van der Waals surface area contributed by atoms with Crippen LogP contribution < -0.4 is 9.47 Å². The van der Waals surface area contributed by atoms with Crippen LogP contribution in [0.3, 0.4) is 0 Å². The summed E-state index contributed by atoms with van der Waals surface area (Å²) in [7, 11) is 2.56. The summed E-state index contributed by atoms with van der Waals surface area (Å²) >= 11 is 0. The summed E-state index contributed by atoms with van der Waals surface area (Å²) in [4.78, 5) is 24.5.